The Morgan fingerprint density at radius 1 is 1.00 bits per heavy atom. The number of hydrogen-bond donors (Lipinski definition) is 0. The maximum absolute atomic E-state index is 12.8. The monoisotopic (exact) mass is 321 g/mol. The summed E-state index contributed by atoms with van der Waals surface area (Å²) >= 11 is 0. The van der Waals surface area contributed by atoms with Crippen molar-refractivity contribution in [1.29, 1.82) is 0 Å². The summed E-state index contributed by atoms with van der Waals surface area (Å²) in [4.78, 5) is 12.8. The molecule has 124 valence electrons. The van der Waals surface area contributed by atoms with Crippen molar-refractivity contribution in [2.24, 2.45) is 5.92 Å². The Bertz CT molecular complexity index is 805. The minimum atomic E-state index is -0.298. The van der Waals surface area contributed by atoms with Crippen LogP contribution in [0.25, 0.3) is 10.9 Å². The summed E-state index contributed by atoms with van der Waals surface area (Å²) < 4.78 is 7.65. The fourth-order valence-electron chi connectivity index (χ4n) is 2.97. The quantitative estimate of drug-likeness (QED) is 0.600. The molecule has 3 aromatic rings. The highest BCUT2D eigenvalue weighted by Gasteiger charge is 2.24. The molecule has 0 N–H and O–H groups in total. The van der Waals surface area contributed by atoms with Crippen LogP contribution in [0.1, 0.15) is 31.9 Å². The zero-order valence-electron chi connectivity index (χ0n) is 14.2. The van der Waals surface area contributed by atoms with Crippen LogP contribution >= 0.6 is 0 Å². The fourth-order valence-corrected chi connectivity index (χ4v) is 2.97. The van der Waals surface area contributed by atoms with Crippen LogP contribution in [-0.2, 0) is 16.1 Å². The second kappa shape index (κ2) is 7.35. The summed E-state index contributed by atoms with van der Waals surface area (Å²) in [6, 6.07) is 19.7. The second-order valence-corrected chi connectivity index (χ2v) is 6.52. The van der Waals surface area contributed by atoms with Crippen molar-refractivity contribution < 1.29 is 9.53 Å². The molecule has 1 heterocycles. The lowest BCUT2D eigenvalue weighted by Gasteiger charge is -2.21. The van der Waals surface area contributed by atoms with Crippen LogP contribution in [0.2, 0.25) is 0 Å². The molecule has 24 heavy (non-hydrogen) atoms. The van der Waals surface area contributed by atoms with Gasteiger partial charge in [0.1, 0.15) is 12.6 Å². The highest BCUT2D eigenvalue weighted by atomic mass is 16.5. The summed E-state index contributed by atoms with van der Waals surface area (Å²) in [5.74, 6) is 0.231. The molecule has 0 unspecified atom stereocenters. The molecule has 3 rings (SSSR count). The van der Waals surface area contributed by atoms with Gasteiger partial charge in [-0.2, -0.15) is 0 Å². The number of para-hydroxylation sites is 1. The number of fused-ring (bicyclic) bond motifs is 1. The number of aromatic nitrogens is 1. The van der Waals surface area contributed by atoms with Gasteiger partial charge in [0.15, 0.2) is 0 Å². The molecule has 0 bridgehead atoms. The number of benzene rings is 2. The van der Waals surface area contributed by atoms with E-state index in [1.54, 1.807) is 0 Å². The average Bonchev–Trinajstić information content (AvgIpc) is 3.02. The van der Waals surface area contributed by atoms with Crippen LogP contribution in [0, 0.1) is 5.92 Å². The first-order valence-corrected chi connectivity index (χ1v) is 8.41. The first kappa shape index (κ1) is 16.3. The molecule has 0 fully saturated rings. The predicted molar refractivity (Wildman–Crippen MR) is 96.7 cm³/mol. The van der Waals surface area contributed by atoms with Gasteiger partial charge in [0, 0.05) is 11.7 Å². The van der Waals surface area contributed by atoms with Crippen molar-refractivity contribution in [3.8, 4) is 0 Å². The number of esters is 1. The minimum Gasteiger partial charge on any atom is -0.459 e. The van der Waals surface area contributed by atoms with Gasteiger partial charge in [0.25, 0.3) is 0 Å². The van der Waals surface area contributed by atoms with E-state index in [1.165, 1.54) is 0 Å². The highest BCUT2D eigenvalue weighted by molar-refractivity contribution is 5.83. The van der Waals surface area contributed by atoms with Gasteiger partial charge in [0.2, 0.25) is 0 Å². The van der Waals surface area contributed by atoms with Gasteiger partial charge in [-0.15, -0.1) is 0 Å². The maximum Gasteiger partial charge on any atom is 0.329 e. The van der Waals surface area contributed by atoms with Crippen molar-refractivity contribution in [3.63, 3.8) is 0 Å². The van der Waals surface area contributed by atoms with E-state index >= 15 is 0 Å². The molecule has 1 atom stereocenters. The fraction of sp³-hybridized carbons (Fsp3) is 0.286. The number of rotatable bonds is 6. The largest absolute Gasteiger partial charge is 0.459 e. The number of carbonyl (C=O) groups is 1. The normalized spacial score (nSPS) is 12.5. The van der Waals surface area contributed by atoms with Crippen LogP contribution in [0.15, 0.2) is 66.9 Å². The topological polar surface area (TPSA) is 31.2 Å². The first-order chi connectivity index (χ1) is 11.6. The molecule has 0 radical (unpaired) electrons. The van der Waals surface area contributed by atoms with Crippen LogP contribution in [0.3, 0.4) is 0 Å². The van der Waals surface area contributed by atoms with Gasteiger partial charge in [-0.3, -0.25) is 0 Å². The minimum absolute atomic E-state index is 0.172. The van der Waals surface area contributed by atoms with Gasteiger partial charge in [-0.1, -0.05) is 62.4 Å². The van der Waals surface area contributed by atoms with Crippen molar-refractivity contribution >= 4 is 16.9 Å². The van der Waals surface area contributed by atoms with Crippen molar-refractivity contribution in [2.45, 2.75) is 32.9 Å². The molecule has 0 saturated carbocycles. The van der Waals surface area contributed by atoms with E-state index in [0.29, 0.717) is 12.5 Å². The summed E-state index contributed by atoms with van der Waals surface area (Å²) in [7, 11) is 0. The lowest BCUT2D eigenvalue weighted by Crippen LogP contribution is -2.23. The molecule has 0 saturated heterocycles. The third kappa shape index (κ3) is 3.67. The zero-order valence-corrected chi connectivity index (χ0v) is 14.2. The maximum atomic E-state index is 12.8. The Morgan fingerprint density at radius 2 is 1.71 bits per heavy atom. The third-order valence-electron chi connectivity index (χ3n) is 4.16. The van der Waals surface area contributed by atoms with Crippen LogP contribution in [0.5, 0.6) is 0 Å². The average molecular weight is 321 g/mol. The predicted octanol–water partition coefficient (Wildman–Crippen LogP) is 4.97. The van der Waals surface area contributed by atoms with Gasteiger partial charge in [-0.25, -0.2) is 4.79 Å². The number of nitrogens with zero attached hydrogens (tertiary/aromatic N) is 1. The molecule has 0 aliphatic rings. The molecule has 0 spiro atoms. The first-order valence-electron chi connectivity index (χ1n) is 8.41. The van der Waals surface area contributed by atoms with E-state index in [0.717, 1.165) is 22.9 Å². The van der Waals surface area contributed by atoms with E-state index in [1.807, 2.05) is 65.4 Å². The standard InChI is InChI=1S/C21H23NO2/c1-16(2)14-20(21(23)24-15-17-8-4-3-5-9-17)22-13-12-18-10-6-7-11-19(18)22/h3-13,16,20H,14-15H2,1-2H3/t20-/m0/s1. The molecule has 2 aromatic carbocycles. The van der Waals surface area contributed by atoms with E-state index in [4.69, 9.17) is 4.74 Å². The lowest BCUT2D eigenvalue weighted by molar-refractivity contribution is -0.149. The number of hydrogen-bond acceptors (Lipinski definition) is 2. The Morgan fingerprint density at radius 3 is 2.46 bits per heavy atom. The number of ether oxygens (including phenoxy) is 1. The SMILES string of the molecule is CC(C)C[C@@H](C(=O)OCc1ccccc1)n1ccc2ccccc21. The summed E-state index contributed by atoms with van der Waals surface area (Å²) in [6.45, 7) is 4.57. The van der Waals surface area contributed by atoms with E-state index < -0.39 is 0 Å². The van der Waals surface area contributed by atoms with Crippen molar-refractivity contribution in [1.82, 2.24) is 4.57 Å². The lowest BCUT2D eigenvalue weighted by atomic mass is 10.0. The van der Waals surface area contributed by atoms with Gasteiger partial charge in [0.05, 0.1) is 0 Å². The van der Waals surface area contributed by atoms with E-state index in [-0.39, 0.29) is 12.0 Å². The van der Waals surface area contributed by atoms with E-state index in [2.05, 4.69) is 19.9 Å². The van der Waals surface area contributed by atoms with Crippen molar-refractivity contribution in [2.75, 3.05) is 0 Å². The van der Waals surface area contributed by atoms with Crippen LogP contribution < -0.4 is 0 Å². The molecule has 0 amide bonds. The van der Waals surface area contributed by atoms with E-state index in [9.17, 15) is 4.79 Å². The molecule has 1 aromatic heterocycles. The second-order valence-electron chi connectivity index (χ2n) is 6.52. The summed E-state index contributed by atoms with van der Waals surface area (Å²) in [6.07, 6.45) is 2.74. The number of carbonyl (C=O) groups excluding carboxylic acids is 1. The van der Waals surface area contributed by atoms with Crippen LogP contribution in [0.4, 0.5) is 0 Å². The Labute approximate surface area is 142 Å². The summed E-state index contributed by atoms with van der Waals surface area (Å²) in [5, 5.41) is 1.14. The molecule has 3 heteroatoms. The molecular formula is C21H23NO2. The Hall–Kier alpha value is -2.55. The molecule has 3 nitrogen and oxygen atoms in total. The van der Waals surface area contributed by atoms with Gasteiger partial charge < -0.3 is 9.30 Å². The Balaban J connectivity index is 1.82. The van der Waals surface area contributed by atoms with Crippen molar-refractivity contribution in [3.05, 3.63) is 72.4 Å². The van der Waals surface area contributed by atoms with Crippen LogP contribution in [-0.4, -0.2) is 10.5 Å². The zero-order chi connectivity index (χ0) is 16.9. The highest BCUT2D eigenvalue weighted by Crippen LogP contribution is 2.26. The smallest absolute Gasteiger partial charge is 0.329 e. The molecule has 0 aliphatic heterocycles. The van der Waals surface area contributed by atoms with Gasteiger partial charge in [-0.05, 0) is 35.4 Å². The Kier molecular flexibility index (Phi) is 4.99. The third-order valence-corrected chi connectivity index (χ3v) is 4.16. The molecular weight excluding hydrogens is 298 g/mol. The molecule has 0 aliphatic carbocycles. The summed E-state index contributed by atoms with van der Waals surface area (Å²) in [5.41, 5.74) is 2.08. The van der Waals surface area contributed by atoms with Gasteiger partial charge >= 0.3 is 5.97 Å².